The molecule has 2 aromatic carbocycles. The van der Waals surface area contributed by atoms with Crippen LogP contribution in [0.3, 0.4) is 0 Å². The van der Waals surface area contributed by atoms with Gasteiger partial charge in [0.2, 0.25) is 0 Å². The number of nitrogens with one attached hydrogen (secondary N) is 3. The number of carbonyl (C=O) groups excluding carboxylic acids is 1. The standard InChI is InChI=1S/C26H36N4O2.2C2H6/c1-4-8-23-19(2)28-29-24(23)18-30(3)26(32)22-13-11-20(12-14-22)15-16-27-17-25(31)21-9-6-5-7-10-21;2*1-2/h5-7,9-14,24-25,27-29,31H,4,8,15-18H2,1-3H3;2*1-2H3. The van der Waals surface area contributed by atoms with Gasteiger partial charge in [-0.2, -0.15) is 0 Å². The van der Waals surface area contributed by atoms with Crippen molar-refractivity contribution in [3.63, 3.8) is 0 Å². The number of carbonyl (C=O) groups is 1. The molecule has 0 fully saturated rings. The summed E-state index contributed by atoms with van der Waals surface area (Å²) < 4.78 is 0. The minimum Gasteiger partial charge on any atom is -0.387 e. The van der Waals surface area contributed by atoms with Gasteiger partial charge < -0.3 is 20.7 Å². The van der Waals surface area contributed by atoms with Crippen LogP contribution in [0.15, 0.2) is 65.9 Å². The van der Waals surface area contributed by atoms with Gasteiger partial charge in [0.15, 0.2) is 0 Å². The fourth-order valence-corrected chi connectivity index (χ4v) is 4.07. The molecule has 6 heteroatoms. The van der Waals surface area contributed by atoms with Crippen molar-refractivity contribution in [3.05, 3.63) is 82.6 Å². The first-order chi connectivity index (χ1) is 17.5. The highest BCUT2D eigenvalue weighted by Gasteiger charge is 2.25. The van der Waals surface area contributed by atoms with Gasteiger partial charge in [-0.3, -0.25) is 4.79 Å². The lowest BCUT2D eigenvalue weighted by Crippen LogP contribution is -2.43. The maximum atomic E-state index is 12.9. The number of aliphatic hydroxyl groups is 1. The minimum absolute atomic E-state index is 0.0304. The molecule has 0 saturated heterocycles. The monoisotopic (exact) mass is 496 g/mol. The summed E-state index contributed by atoms with van der Waals surface area (Å²) >= 11 is 0. The van der Waals surface area contributed by atoms with Gasteiger partial charge in [-0.05, 0) is 55.1 Å². The number of aliphatic hydroxyl groups excluding tert-OH is 1. The Morgan fingerprint density at radius 2 is 1.67 bits per heavy atom. The van der Waals surface area contributed by atoms with Crippen molar-refractivity contribution in [1.29, 1.82) is 0 Å². The molecule has 1 amide bonds. The molecule has 0 radical (unpaired) electrons. The highest BCUT2D eigenvalue weighted by atomic mass is 16.3. The molecule has 4 N–H and O–H groups in total. The van der Waals surface area contributed by atoms with Crippen LogP contribution in [0.4, 0.5) is 0 Å². The Bertz CT molecular complexity index is 897. The smallest absolute Gasteiger partial charge is 0.253 e. The number of amides is 1. The Hall–Kier alpha value is -2.67. The lowest BCUT2D eigenvalue weighted by Gasteiger charge is -2.23. The number of allylic oxidation sites excluding steroid dienone is 1. The predicted octanol–water partition coefficient (Wildman–Crippen LogP) is 5.23. The first kappa shape index (κ1) is 31.4. The average Bonchev–Trinajstić information content (AvgIpc) is 3.27. The van der Waals surface area contributed by atoms with Gasteiger partial charge in [-0.15, -0.1) is 0 Å². The summed E-state index contributed by atoms with van der Waals surface area (Å²) in [4.78, 5) is 14.7. The van der Waals surface area contributed by atoms with E-state index in [4.69, 9.17) is 0 Å². The van der Waals surface area contributed by atoms with Crippen molar-refractivity contribution in [2.24, 2.45) is 0 Å². The minimum atomic E-state index is -0.507. The number of hydrogen-bond acceptors (Lipinski definition) is 5. The highest BCUT2D eigenvalue weighted by molar-refractivity contribution is 5.94. The largest absolute Gasteiger partial charge is 0.387 e. The first-order valence-electron chi connectivity index (χ1n) is 13.5. The second kappa shape index (κ2) is 17.7. The molecule has 0 bridgehead atoms. The van der Waals surface area contributed by atoms with Crippen molar-refractivity contribution < 1.29 is 9.90 Å². The molecule has 1 aliphatic rings. The van der Waals surface area contributed by atoms with Crippen LogP contribution < -0.4 is 16.2 Å². The first-order valence-corrected chi connectivity index (χ1v) is 13.5. The summed E-state index contributed by atoms with van der Waals surface area (Å²) in [7, 11) is 1.86. The van der Waals surface area contributed by atoms with E-state index in [-0.39, 0.29) is 11.9 Å². The Labute approximate surface area is 219 Å². The third-order valence-electron chi connectivity index (χ3n) is 5.97. The van der Waals surface area contributed by atoms with E-state index in [0.717, 1.165) is 36.9 Å². The zero-order valence-corrected chi connectivity index (χ0v) is 23.4. The zero-order chi connectivity index (χ0) is 26.9. The van der Waals surface area contributed by atoms with Gasteiger partial charge in [-0.1, -0.05) is 83.5 Å². The van der Waals surface area contributed by atoms with Gasteiger partial charge >= 0.3 is 0 Å². The van der Waals surface area contributed by atoms with Crippen molar-refractivity contribution >= 4 is 5.91 Å². The van der Waals surface area contributed by atoms with Gasteiger partial charge in [0.1, 0.15) is 0 Å². The van der Waals surface area contributed by atoms with E-state index in [1.54, 1.807) is 4.90 Å². The third kappa shape index (κ3) is 9.76. The summed E-state index contributed by atoms with van der Waals surface area (Å²) in [6.45, 7) is 14.2. The highest BCUT2D eigenvalue weighted by Crippen LogP contribution is 2.19. The van der Waals surface area contributed by atoms with Crippen LogP contribution in [0.25, 0.3) is 0 Å². The Morgan fingerprint density at radius 3 is 2.28 bits per heavy atom. The van der Waals surface area contributed by atoms with Gasteiger partial charge in [0, 0.05) is 31.4 Å². The summed E-state index contributed by atoms with van der Waals surface area (Å²) in [5.41, 5.74) is 11.8. The average molecular weight is 497 g/mol. The van der Waals surface area contributed by atoms with E-state index >= 15 is 0 Å². The second-order valence-corrected chi connectivity index (χ2v) is 8.49. The molecule has 3 rings (SSSR count). The molecule has 6 nitrogen and oxygen atoms in total. The fraction of sp³-hybridized carbons (Fsp3) is 0.500. The SMILES string of the molecule is CC.CC.CCCC1=C(C)NNC1CN(C)C(=O)c1ccc(CCNCC(O)c2ccccc2)cc1. The van der Waals surface area contributed by atoms with E-state index in [9.17, 15) is 9.90 Å². The van der Waals surface area contributed by atoms with E-state index < -0.39 is 6.10 Å². The van der Waals surface area contributed by atoms with Crippen LogP contribution >= 0.6 is 0 Å². The maximum Gasteiger partial charge on any atom is 0.253 e. The molecule has 2 atom stereocenters. The molecule has 2 aromatic rings. The molecule has 36 heavy (non-hydrogen) atoms. The van der Waals surface area contributed by atoms with Crippen molar-refractivity contribution in [3.8, 4) is 0 Å². The number of likely N-dealkylation sites (N-methyl/N-ethyl adjacent to an activating group) is 1. The van der Waals surface area contributed by atoms with Crippen molar-refractivity contribution in [1.82, 2.24) is 21.1 Å². The molecule has 0 aromatic heterocycles. The van der Waals surface area contributed by atoms with Crippen LogP contribution in [-0.4, -0.2) is 48.6 Å². The van der Waals surface area contributed by atoms with Crippen LogP contribution in [0, 0.1) is 0 Å². The fourth-order valence-electron chi connectivity index (χ4n) is 4.07. The van der Waals surface area contributed by atoms with E-state index in [1.807, 2.05) is 89.3 Å². The van der Waals surface area contributed by atoms with Crippen LogP contribution in [0.1, 0.15) is 82.0 Å². The van der Waals surface area contributed by atoms with Crippen LogP contribution in [-0.2, 0) is 6.42 Å². The quantitative estimate of drug-likeness (QED) is 0.321. The van der Waals surface area contributed by atoms with E-state index in [1.165, 1.54) is 11.3 Å². The molecule has 1 heterocycles. The molecule has 2 unspecified atom stereocenters. The predicted molar refractivity (Wildman–Crippen MR) is 152 cm³/mol. The molecule has 0 saturated carbocycles. The number of hydrazine groups is 1. The maximum absolute atomic E-state index is 12.9. The van der Waals surface area contributed by atoms with Crippen LogP contribution in [0.2, 0.25) is 0 Å². The molecular weight excluding hydrogens is 448 g/mol. The van der Waals surface area contributed by atoms with Gasteiger partial charge in [0.05, 0.1) is 12.1 Å². The Kier molecular flexibility index (Phi) is 15.4. The summed E-state index contributed by atoms with van der Waals surface area (Å²) in [5, 5.41) is 13.5. The Morgan fingerprint density at radius 1 is 1.03 bits per heavy atom. The topological polar surface area (TPSA) is 76.6 Å². The van der Waals surface area contributed by atoms with E-state index in [0.29, 0.717) is 18.7 Å². The summed E-state index contributed by atoms with van der Waals surface area (Å²) in [6, 6.07) is 17.7. The lowest BCUT2D eigenvalue weighted by atomic mass is 10.0. The number of rotatable bonds is 11. The molecule has 0 aliphatic carbocycles. The summed E-state index contributed by atoms with van der Waals surface area (Å²) in [6.07, 6.45) is 2.45. The second-order valence-electron chi connectivity index (χ2n) is 8.49. The number of benzene rings is 2. The van der Waals surface area contributed by atoms with Gasteiger partial charge in [-0.25, -0.2) is 5.43 Å². The zero-order valence-electron chi connectivity index (χ0n) is 23.4. The Balaban J connectivity index is 0.00000154. The number of hydrogen-bond donors (Lipinski definition) is 4. The van der Waals surface area contributed by atoms with Crippen LogP contribution in [0.5, 0.6) is 0 Å². The molecule has 0 spiro atoms. The summed E-state index contributed by atoms with van der Waals surface area (Å²) in [5.74, 6) is 0.0304. The van der Waals surface area contributed by atoms with Crippen molar-refractivity contribution in [2.75, 3.05) is 26.7 Å². The van der Waals surface area contributed by atoms with E-state index in [2.05, 4.69) is 30.0 Å². The lowest BCUT2D eigenvalue weighted by molar-refractivity contribution is 0.0786. The molecular formula is C30H48N4O2. The molecule has 200 valence electrons. The normalized spacial score (nSPS) is 15.2. The third-order valence-corrected chi connectivity index (χ3v) is 5.97. The van der Waals surface area contributed by atoms with Crippen molar-refractivity contribution in [2.45, 2.75) is 73.0 Å². The number of nitrogens with zero attached hydrogens (tertiary/aromatic N) is 1. The van der Waals surface area contributed by atoms with Gasteiger partial charge in [0.25, 0.3) is 5.91 Å². The molecule has 1 aliphatic heterocycles.